The smallest absolute Gasteiger partial charge is 0.420 e. The van der Waals surface area contributed by atoms with E-state index >= 15 is 0 Å². The minimum absolute atomic E-state index is 2.30. The fraction of sp³-hybridized carbons (Fsp3) is 0.125. The topological polar surface area (TPSA) is 37.3 Å². The summed E-state index contributed by atoms with van der Waals surface area (Å²) in [5, 5.41) is 8.25. The van der Waals surface area contributed by atoms with Crippen LogP contribution in [0, 0.1) is 23.3 Å². The van der Waals surface area contributed by atoms with Gasteiger partial charge in [-0.25, -0.2) is 22.4 Å². The first-order chi connectivity index (χ1) is 7.59. The molecule has 9 heteroatoms. The van der Waals surface area contributed by atoms with Crippen LogP contribution in [-0.2, 0) is 6.18 Å². The second-order valence-corrected chi connectivity index (χ2v) is 2.81. The molecule has 1 rings (SSSR count). The van der Waals surface area contributed by atoms with Crippen LogP contribution < -0.4 is 0 Å². The summed E-state index contributed by atoms with van der Waals surface area (Å²) in [7, 11) is 0. The van der Waals surface area contributed by atoms with Crippen molar-refractivity contribution in [3.05, 3.63) is 34.4 Å². The number of benzene rings is 1. The van der Waals surface area contributed by atoms with Crippen LogP contribution in [0.2, 0.25) is 0 Å². The molecule has 2 nitrogen and oxygen atoms in total. The number of carbonyl (C=O) groups is 1. The third kappa shape index (κ3) is 2.04. The second-order valence-electron chi connectivity index (χ2n) is 2.81. The minimum atomic E-state index is -5.67. The summed E-state index contributed by atoms with van der Waals surface area (Å²) in [5.41, 5.74) is -4.99. The lowest BCUT2D eigenvalue weighted by Gasteiger charge is -2.13. The van der Waals surface area contributed by atoms with Crippen molar-refractivity contribution < 1.29 is 40.6 Å². The first-order valence-electron chi connectivity index (χ1n) is 3.75. The summed E-state index contributed by atoms with van der Waals surface area (Å²) in [6.45, 7) is 0. The Hall–Kier alpha value is -1.80. The molecule has 1 aromatic rings. The maximum atomic E-state index is 12.8. The van der Waals surface area contributed by atoms with Gasteiger partial charge in [-0.2, -0.15) is 13.2 Å². The second kappa shape index (κ2) is 3.90. The van der Waals surface area contributed by atoms with Gasteiger partial charge in [-0.05, 0) is 0 Å². The van der Waals surface area contributed by atoms with Crippen LogP contribution in [0.5, 0.6) is 0 Å². The van der Waals surface area contributed by atoms with Gasteiger partial charge in [0.05, 0.1) is 0 Å². The summed E-state index contributed by atoms with van der Waals surface area (Å²) in [4.78, 5) is 10.3. The number of carboxylic acids is 1. The Morgan fingerprint density at radius 3 is 1.65 bits per heavy atom. The van der Waals surface area contributed by atoms with Crippen molar-refractivity contribution >= 4 is 5.97 Å². The van der Waals surface area contributed by atoms with Crippen LogP contribution in [0.15, 0.2) is 0 Å². The molecule has 0 bridgehead atoms. The van der Waals surface area contributed by atoms with E-state index in [0.29, 0.717) is 0 Å². The van der Waals surface area contributed by atoms with Crippen molar-refractivity contribution in [3.63, 3.8) is 0 Å². The van der Waals surface area contributed by atoms with Crippen molar-refractivity contribution in [2.24, 2.45) is 0 Å². The minimum Gasteiger partial charge on any atom is -0.478 e. The molecule has 0 spiro atoms. The van der Waals surface area contributed by atoms with E-state index in [1.165, 1.54) is 0 Å². The zero-order valence-corrected chi connectivity index (χ0v) is 7.50. The van der Waals surface area contributed by atoms with Gasteiger partial charge in [-0.15, -0.1) is 0 Å². The monoisotopic (exact) mass is 262 g/mol. The summed E-state index contributed by atoms with van der Waals surface area (Å²) in [6, 6.07) is 0. The van der Waals surface area contributed by atoms with Crippen LogP contribution in [0.3, 0.4) is 0 Å². The Kier molecular flexibility index (Phi) is 3.04. The van der Waals surface area contributed by atoms with Crippen LogP contribution in [-0.4, -0.2) is 11.1 Å². The fourth-order valence-electron chi connectivity index (χ4n) is 1.10. The highest BCUT2D eigenvalue weighted by Crippen LogP contribution is 2.37. The molecule has 0 aliphatic rings. The van der Waals surface area contributed by atoms with Gasteiger partial charge in [-0.1, -0.05) is 0 Å². The van der Waals surface area contributed by atoms with Gasteiger partial charge in [-0.3, -0.25) is 0 Å². The zero-order valence-electron chi connectivity index (χ0n) is 7.50. The largest absolute Gasteiger partial charge is 0.478 e. The summed E-state index contributed by atoms with van der Waals surface area (Å²) in [6.07, 6.45) is -5.67. The first-order valence-corrected chi connectivity index (χ1v) is 3.75. The number of alkyl halides is 3. The quantitative estimate of drug-likeness (QED) is 0.480. The normalized spacial score (nSPS) is 11.7. The average Bonchev–Trinajstić information content (AvgIpc) is 2.17. The number of rotatable bonds is 1. The van der Waals surface area contributed by atoms with Gasteiger partial charge in [0.15, 0.2) is 23.3 Å². The molecule has 0 unspecified atom stereocenters. The number of hydrogen-bond acceptors (Lipinski definition) is 1. The molecule has 0 atom stereocenters. The van der Waals surface area contributed by atoms with Gasteiger partial charge < -0.3 is 5.11 Å². The van der Waals surface area contributed by atoms with E-state index in [-0.39, 0.29) is 0 Å². The molecular weight excluding hydrogens is 261 g/mol. The van der Waals surface area contributed by atoms with E-state index in [1.54, 1.807) is 0 Å². The molecule has 1 aromatic carbocycles. The third-order valence-corrected chi connectivity index (χ3v) is 1.76. The van der Waals surface area contributed by atoms with Crippen LogP contribution in [0.4, 0.5) is 30.7 Å². The molecule has 0 aliphatic heterocycles. The molecular formula is C8HF7O2. The van der Waals surface area contributed by atoms with E-state index in [1.807, 2.05) is 0 Å². The Morgan fingerprint density at radius 2 is 1.29 bits per heavy atom. The molecule has 0 radical (unpaired) electrons. The lowest BCUT2D eigenvalue weighted by Crippen LogP contribution is -2.20. The molecule has 0 heterocycles. The first kappa shape index (κ1) is 13.3. The highest BCUT2D eigenvalue weighted by Gasteiger charge is 2.43. The molecule has 0 fully saturated rings. The average molecular weight is 262 g/mol. The molecule has 0 amide bonds. The Labute approximate surface area is 88.3 Å². The van der Waals surface area contributed by atoms with E-state index in [0.717, 1.165) is 0 Å². The SMILES string of the molecule is O=C(O)c1c(F)c(F)c(F)c(F)c1C(F)(F)F. The molecule has 0 saturated carbocycles. The van der Waals surface area contributed by atoms with Crippen molar-refractivity contribution in [1.29, 1.82) is 0 Å². The molecule has 0 aliphatic carbocycles. The Morgan fingerprint density at radius 1 is 0.882 bits per heavy atom. The Bertz CT molecular complexity index is 492. The highest BCUT2D eigenvalue weighted by molar-refractivity contribution is 5.90. The fourth-order valence-corrected chi connectivity index (χ4v) is 1.10. The number of aromatic carboxylic acids is 1. The maximum absolute atomic E-state index is 12.8. The van der Waals surface area contributed by atoms with Crippen LogP contribution in [0.25, 0.3) is 0 Å². The van der Waals surface area contributed by atoms with Gasteiger partial charge in [0.2, 0.25) is 0 Å². The van der Waals surface area contributed by atoms with E-state index in [2.05, 4.69) is 0 Å². The van der Waals surface area contributed by atoms with E-state index in [9.17, 15) is 35.5 Å². The number of hydrogen-bond donors (Lipinski definition) is 1. The zero-order chi connectivity index (χ0) is 13.5. The number of halogens is 7. The van der Waals surface area contributed by atoms with Gasteiger partial charge in [0, 0.05) is 0 Å². The molecule has 0 saturated heterocycles. The predicted molar refractivity (Wildman–Crippen MR) is 38.2 cm³/mol. The third-order valence-electron chi connectivity index (χ3n) is 1.76. The van der Waals surface area contributed by atoms with Crippen molar-refractivity contribution in [2.75, 3.05) is 0 Å². The standard InChI is InChI=1S/C8HF7O2/c9-3-1(7(16)17)2(8(13,14)15)4(10)6(12)5(3)11/h(H,16,17). The summed E-state index contributed by atoms with van der Waals surface area (Å²) < 4.78 is 87.3. The maximum Gasteiger partial charge on any atom is 0.420 e. The van der Waals surface area contributed by atoms with E-state index in [4.69, 9.17) is 5.11 Å². The summed E-state index contributed by atoms with van der Waals surface area (Å²) in [5.74, 6) is -13.3. The van der Waals surface area contributed by atoms with Gasteiger partial charge in [0.1, 0.15) is 11.1 Å². The van der Waals surface area contributed by atoms with Crippen LogP contribution in [0.1, 0.15) is 15.9 Å². The molecule has 17 heavy (non-hydrogen) atoms. The Balaban J connectivity index is 3.86. The lowest BCUT2D eigenvalue weighted by molar-refractivity contribution is -0.141. The molecule has 1 N–H and O–H groups in total. The molecule has 94 valence electrons. The van der Waals surface area contributed by atoms with Crippen molar-refractivity contribution in [1.82, 2.24) is 0 Å². The van der Waals surface area contributed by atoms with E-state index < -0.39 is 46.5 Å². The van der Waals surface area contributed by atoms with Crippen molar-refractivity contribution in [2.45, 2.75) is 6.18 Å². The van der Waals surface area contributed by atoms with Crippen molar-refractivity contribution in [3.8, 4) is 0 Å². The van der Waals surface area contributed by atoms with Gasteiger partial charge in [0.25, 0.3) is 0 Å². The highest BCUT2D eigenvalue weighted by atomic mass is 19.4. The van der Waals surface area contributed by atoms with Gasteiger partial charge >= 0.3 is 12.1 Å². The summed E-state index contributed by atoms with van der Waals surface area (Å²) >= 11 is 0. The molecule has 0 aromatic heterocycles. The number of carboxylic acid groups (broad SMARTS) is 1. The predicted octanol–water partition coefficient (Wildman–Crippen LogP) is 2.96. The lowest BCUT2D eigenvalue weighted by atomic mass is 10.0. The van der Waals surface area contributed by atoms with Crippen LogP contribution >= 0.6 is 0 Å².